The molecule has 0 unspecified atom stereocenters. The molecule has 15 nitrogen and oxygen atoms in total. The first kappa shape index (κ1) is 42.5. The van der Waals surface area contributed by atoms with Crippen LogP contribution in [0.5, 0.6) is 0 Å². The fraction of sp³-hybridized carbons (Fsp3) is 1.00. The van der Waals surface area contributed by atoms with Gasteiger partial charge in [0, 0.05) is 25.9 Å². The smallest absolute Gasteiger partial charge is 0.186 e. The van der Waals surface area contributed by atoms with Crippen LogP contribution in [0.3, 0.4) is 0 Å². The fourth-order valence-electron chi connectivity index (χ4n) is 13.1. The van der Waals surface area contributed by atoms with E-state index < -0.39 is 92.6 Å². The molecule has 0 aromatic rings. The van der Waals surface area contributed by atoms with Gasteiger partial charge in [-0.25, -0.2) is 0 Å². The van der Waals surface area contributed by atoms with E-state index in [2.05, 4.69) is 20.8 Å². The van der Waals surface area contributed by atoms with Crippen molar-refractivity contribution in [2.45, 2.75) is 171 Å². The van der Waals surface area contributed by atoms with E-state index in [0.717, 1.165) is 38.5 Å². The molecule has 0 spiro atoms. The van der Waals surface area contributed by atoms with E-state index in [1.54, 1.807) is 7.11 Å². The van der Waals surface area contributed by atoms with E-state index in [0.29, 0.717) is 42.9 Å². The zero-order valence-corrected chi connectivity index (χ0v) is 33.0. The minimum Gasteiger partial charge on any atom is -0.394 e. The van der Waals surface area contributed by atoms with E-state index in [1.807, 2.05) is 6.92 Å². The first-order chi connectivity index (χ1) is 26.0. The molecule has 0 aromatic carbocycles. The molecule has 0 aromatic heterocycles. The molecule has 7 fully saturated rings. The zero-order valence-electron chi connectivity index (χ0n) is 33.0. The van der Waals surface area contributed by atoms with Gasteiger partial charge >= 0.3 is 0 Å². The molecule has 15 heteroatoms. The summed E-state index contributed by atoms with van der Waals surface area (Å²) in [5.74, 6) is 1.20. The molecule has 9 N–H and O–H groups in total. The van der Waals surface area contributed by atoms with Crippen LogP contribution in [-0.2, 0) is 28.4 Å². The number of hydrogen-bond donors (Lipinski definition) is 9. The van der Waals surface area contributed by atoms with E-state index in [4.69, 9.17) is 28.4 Å². The largest absolute Gasteiger partial charge is 0.394 e. The maximum absolute atomic E-state index is 11.9. The summed E-state index contributed by atoms with van der Waals surface area (Å²) in [6, 6.07) is 0. The summed E-state index contributed by atoms with van der Waals surface area (Å²) in [6.45, 7) is 8.22. The van der Waals surface area contributed by atoms with Crippen LogP contribution >= 0.6 is 0 Å². The molecule has 55 heavy (non-hydrogen) atoms. The highest BCUT2D eigenvalue weighted by atomic mass is 16.7. The molecule has 4 aliphatic carbocycles. The van der Waals surface area contributed by atoms with Gasteiger partial charge in [0.25, 0.3) is 0 Å². The molecule has 0 bridgehead atoms. The number of aliphatic hydroxyl groups is 9. The predicted octanol–water partition coefficient (Wildman–Crippen LogP) is 0.0215. The number of methoxy groups -OCH3 is 1. The normalized spacial score (nSPS) is 55.6. The SMILES string of the molecule is CO[C@]1(CC[C@@H](C)CO[C@@H]2O[C@H](CO)[C@@H](O)[C@H](O)[C@H]2O)O[C@H]2C[C@H]3[C@@H]4CC[C@H]5C[C@H](O[C@@H]6O[C@H](CO)[C@@H](O)[C@H](O)[C@H]6O)C[C@@H](O)[C@]5(C)[C@H]4CC[C@]3(C)[C@H]2[C@@H]1C. The van der Waals surface area contributed by atoms with Gasteiger partial charge in [-0.1, -0.05) is 27.7 Å². The van der Waals surface area contributed by atoms with Crippen LogP contribution in [0.15, 0.2) is 0 Å². The molecule has 318 valence electrons. The number of aliphatic hydroxyl groups excluding tert-OH is 9. The van der Waals surface area contributed by atoms with Crippen molar-refractivity contribution in [1.29, 1.82) is 0 Å². The van der Waals surface area contributed by atoms with Gasteiger partial charge in [0.2, 0.25) is 0 Å². The highest BCUT2D eigenvalue weighted by Crippen LogP contribution is 2.71. The molecule has 23 atom stereocenters. The Balaban J connectivity index is 0.964. The van der Waals surface area contributed by atoms with E-state index in [-0.39, 0.29) is 41.3 Å². The molecular formula is C40H68O15. The molecule has 0 amide bonds. The van der Waals surface area contributed by atoms with Gasteiger partial charge in [-0.3, -0.25) is 0 Å². The van der Waals surface area contributed by atoms with E-state index in [1.165, 1.54) is 0 Å². The summed E-state index contributed by atoms with van der Waals surface area (Å²) < 4.78 is 36.4. The Kier molecular flexibility index (Phi) is 12.5. The number of rotatable bonds is 11. The van der Waals surface area contributed by atoms with Gasteiger partial charge in [0.1, 0.15) is 48.8 Å². The van der Waals surface area contributed by atoms with Crippen LogP contribution in [0.1, 0.15) is 85.5 Å². The highest BCUT2D eigenvalue weighted by molar-refractivity contribution is 5.16. The molecule has 3 saturated heterocycles. The lowest BCUT2D eigenvalue weighted by molar-refractivity contribution is -0.320. The number of hydrogen-bond acceptors (Lipinski definition) is 15. The van der Waals surface area contributed by atoms with Gasteiger partial charge in [0.05, 0.1) is 38.1 Å². The molecule has 3 heterocycles. The monoisotopic (exact) mass is 788 g/mol. The quantitative estimate of drug-likeness (QED) is 0.126. The number of ether oxygens (including phenoxy) is 6. The lowest BCUT2D eigenvalue weighted by atomic mass is 9.43. The van der Waals surface area contributed by atoms with Crippen molar-refractivity contribution in [3.8, 4) is 0 Å². The lowest BCUT2D eigenvalue weighted by Crippen LogP contribution is -2.62. The maximum Gasteiger partial charge on any atom is 0.186 e. The van der Waals surface area contributed by atoms with Crippen molar-refractivity contribution in [2.75, 3.05) is 26.9 Å². The molecular weight excluding hydrogens is 720 g/mol. The van der Waals surface area contributed by atoms with Crippen molar-refractivity contribution in [3.05, 3.63) is 0 Å². The Morgan fingerprint density at radius 2 is 1.40 bits per heavy atom. The molecule has 3 aliphatic heterocycles. The fourth-order valence-corrected chi connectivity index (χ4v) is 13.1. The zero-order chi connectivity index (χ0) is 39.8. The molecule has 7 aliphatic rings. The summed E-state index contributed by atoms with van der Waals surface area (Å²) >= 11 is 0. The van der Waals surface area contributed by atoms with Gasteiger partial charge in [-0.05, 0) is 91.3 Å². The van der Waals surface area contributed by atoms with Crippen molar-refractivity contribution < 1.29 is 74.4 Å². The van der Waals surface area contributed by atoms with Crippen molar-refractivity contribution in [3.63, 3.8) is 0 Å². The van der Waals surface area contributed by atoms with Crippen molar-refractivity contribution in [1.82, 2.24) is 0 Å². The van der Waals surface area contributed by atoms with Crippen molar-refractivity contribution >= 4 is 0 Å². The van der Waals surface area contributed by atoms with Crippen LogP contribution in [-0.4, -0.2) is 158 Å². The molecule has 0 radical (unpaired) electrons. The third-order valence-electron chi connectivity index (χ3n) is 16.3. The first-order valence-corrected chi connectivity index (χ1v) is 20.8. The maximum atomic E-state index is 11.9. The summed E-state index contributed by atoms with van der Waals surface area (Å²) in [4.78, 5) is 0. The van der Waals surface area contributed by atoms with Crippen LogP contribution in [0.2, 0.25) is 0 Å². The Bertz CT molecular complexity index is 1310. The minimum absolute atomic E-state index is 0.0365. The highest BCUT2D eigenvalue weighted by Gasteiger charge is 2.69. The second-order valence-corrected chi connectivity index (χ2v) is 18.9. The second-order valence-electron chi connectivity index (χ2n) is 18.9. The third kappa shape index (κ3) is 7.06. The van der Waals surface area contributed by atoms with Gasteiger partial charge in [-0.2, -0.15) is 0 Å². The Labute approximate surface area is 324 Å². The lowest BCUT2D eigenvalue weighted by Gasteiger charge is -2.62. The summed E-state index contributed by atoms with van der Waals surface area (Å²) in [5, 5.41) is 92.8. The minimum atomic E-state index is -1.51. The number of fused-ring (bicyclic) bond motifs is 7. The molecule has 7 rings (SSSR count). The summed E-state index contributed by atoms with van der Waals surface area (Å²) in [7, 11) is 1.73. The third-order valence-corrected chi connectivity index (χ3v) is 16.3. The van der Waals surface area contributed by atoms with Crippen LogP contribution in [0.4, 0.5) is 0 Å². The van der Waals surface area contributed by atoms with E-state index >= 15 is 0 Å². The van der Waals surface area contributed by atoms with Crippen LogP contribution in [0, 0.1) is 52.3 Å². The topological polar surface area (TPSA) is 237 Å². The predicted molar refractivity (Wildman–Crippen MR) is 193 cm³/mol. The van der Waals surface area contributed by atoms with E-state index in [9.17, 15) is 46.0 Å². The Morgan fingerprint density at radius 3 is 2.04 bits per heavy atom. The van der Waals surface area contributed by atoms with Crippen LogP contribution < -0.4 is 0 Å². The molecule has 4 saturated carbocycles. The average Bonchev–Trinajstić information content (AvgIpc) is 3.63. The Hall–Kier alpha value is -0.600. The summed E-state index contributed by atoms with van der Waals surface area (Å²) in [6.07, 6.45) is -6.74. The van der Waals surface area contributed by atoms with Crippen LogP contribution in [0.25, 0.3) is 0 Å². The van der Waals surface area contributed by atoms with Gasteiger partial charge in [-0.15, -0.1) is 0 Å². The second kappa shape index (κ2) is 16.1. The standard InChI is InChI=1S/C40H68O15/c1-18(17-51-36-34(48)32(46)30(44)26(15-41)53-36)8-11-40(50-5)19(2)29-25(55-40)14-24-22-7-6-20-12-21(52-37-35(49)33(47)31(45)27(16-42)54-37)13-28(43)39(20,4)23(22)9-10-38(24,29)3/h18-37,41-49H,6-17H2,1-5H3/t18-,19+,20+,21+,22-,23+,24+,25+,26-,27-,28-,29+,30-,31-,32+,33+,34-,35-,36-,37-,38+,39+,40-/m1/s1. The van der Waals surface area contributed by atoms with Crippen molar-refractivity contribution in [2.24, 2.45) is 52.3 Å². The average molecular weight is 789 g/mol. The first-order valence-electron chi connectivity index (χ1n) is 20.8. The van der Waals surface area contributed by atoms with Gasteiger partial charge in [0.15, 0.2) is 18.4 Å². The van der Waals surface area contributed by atoms with Gasteiger partial charge < -0.3 is 74.4 Å². The Morgan fingerprint density at radius 1 is 0.764 bits per heavy atom. The summed E-state index contributed by atoms with van der Waals surface area (Å²) in [5.41, 5.74) is -0.241.